The van der Waals surface area contributed by atoms with Crippen LogP contribution in [0.4, 0.5) is 4.79 Å². The number of hydrogen-bond acceptors (Lipinski definition) is 3. The maximum atomic E-state index is 11.6. The molecule has 2 rings (SSSR count). The van der Waals surface area contributed by atoms with E-state index in [4.69, 9.17) is 4.84 Å². The lowest BCUT2D eigenvalue weighted by Crippen LogP contribution is -2.38. The minimum absolute atomic E-state index is 0.169. The van der Waals surface area contributed by atoms with Crippen LogP contribution >= 0.6 is 0 Å². The van der Waals surface area contributed by atoms with Crippen molar-refractivity contribution in [2.24, 2.45) is 0 Å². The molecule has 2 heterocycles. The third-order valence-corrected chi connectivity index (χ3v) is 1.94. The van der Waals surface area contributed by atoms with Crippen molar-refractivity contribution in [1.82, 2.24) is 14.6 Å². The van der Waals surface area contributed by atoms with Gasteiger partial charge in [-0.25, -0.2) is 14.8 Å². The van der Waals surface area contributed by atoms with Gasteiger partial charge in [0.2, 0.25) is 0 Å². The molecule has 0 N–H and O–H groups in total. The fourth-order valence-corrected chi connectivity index (χ4v) is 1.25. The Hall–Kier alpha value is -1.36. The van der Waals surface area contributed by atoms with Crippen LogP contribution in [0.15, 0.2) is 18.7 Å². The molecule has 5 nitrogen and oxygen atoms in total. The Balaban J connectivity index is 2.04. The molecule has 0 aliphatic carbocycles. The topological polar surface area (TPSA) is 47.4 Å². The fourth-order valence-electron chi connectivity index (χ4n) is 1.25. The van der Waals surface area contributed by atoms with Crippen LogP contribution in [0.2, 0.25) is 0 Å². The number of carbonyl (C=O) groups is 1. The first-order chi connectivity index (χ1) is 6.38. The quantitative estimate of drug-likeness (QED) is 0.596. The van der Waals surface area contributed by atoms with Gasteiger partial charge in [-0.2, -0.15) is 0 Å². The highest BCUT2D eigenvalue weighted by molar-refractivity contribution is 5.75. The first-order valence-corrected chi connectivity index (χ1v) is 4.30. The van der Waals surface area contributed by atoms with Crippen LogP contribution in [0, 0.1) is 0 Å². The first kappa shape index (κ1) is 8.25. The van der Waals surface area contributed by atoms with Gasteiger partial charge >= 0.3 is 6.03 Å². The zero-order chi connectivity index (χ0) is 9.10. The third-order valence-electron chi connectivity index (χ3n) is 1.94. The number of imidazole rings is 1. The van der Waals surface area contributed by atoms with Crippen molar-refractivity contribution in [3.63, 3.8) is 0 Å². The molecular formula is C8H11N3O2. The van der Waals surface area contributed by atoms with E-state index in [0.29, 0.717) is 13.2 Å². The van der Waals surface area contributed by atoms with Gasteiger partial charge < -0.3 is 0 Å². The maximum Gasteiger partial charge on any atom is 0.353 e. The second-order valence-corrected chi connectivity index (χ2v) is 2.89. The molecule has 5 heteroatoms. The smallest absolute Gasteiger partial charge is 0.269 e. The number of hydroxylamine groups is 2. The molecule has 0 spiro atoms. The number of carbonyl (C=O) groups excluding carboxylic acids is 1. The van der Waals surface area contributed by atoms with Gasteiger partial charge in [-0.1, -0.05) is 0 Å². The molecule has 13 heavy (non-hydrogen) atoms. The highest BCUT2D eigenvalue weighted by Gasteiger charge is 2.18. The van der Waals surface area contributed by atoms with Gasteiger partial charge in [-0.05, 0) is 12.8 Å². The van der Waals surface area contributed by atoms with Crippen LogP contribution in [0.25, 0.3) is 0 Å². The molecule has 1 saturated heterocycles. The van der Waals surface area contributed by atoms with Crippen LogP contribution in [0.1, 0.15) is 12.8 Å². The van der Waals surface area contributed by atoms with Crippen LogP contribution in [-0.2, 0) is 4.84 Å². The van der Waals surface area contributed by atoms with Crippen molar-refractivity contribution in [2.75, 3.05) is 13.2 Å². The second kappa shape index (κ2) is 3.57. The second-order valence-electron chi connectivity index (χ2n) is 2.89. The Kier molecular flexibility index (Phi) is 2.27. The summed E-state index contributed by atoms with van der Waals surface area (Å²) in [6.45, 7) is 1.29. The van der Waals surface area contributed by atoms with Crippen molar-refractivity contribution in [1.29, 1.82) is 0 Å². The third kappa shape index (κ3) is 1.70. The van der Waals surface area contributed by atoms with E-state index < -0.39 is 0 Å². The summed E-state index contributed by atoms with van der Waals surface area (Å²) in [7, 11) is 0. The minimum atomic E-state index is -0.169. The molecule has 1 aromatic rings. The summed E-state index contributed by atoms with van der Waals surface area (Å²) in [5.41, 5.74) is 0. The maximum absolute atomic E-state index is 11.6. The Morgan fingerprint density at radius 2 is 2.38 bits per heavy atom. The standard InChI is InChI=1S/C8H11N3O2/c12-8(10-5-3-9-7-10)11-4-1-2-6-13-11/h3,5,7H,1-2,4,6H2. The highest BCUT2D eigenvalue weighted by atomic mass is 16.7. The van der Waals surface area contributed by atoms with Crippen molar-refractivity contribution < 1.29 is 9.63 Å². The van der Waals surface area contributed by atoms with E-state index in [2.05, 4.69) is 4.98 Å². The highest BCUT2D eigenvalue weighted by Crippen LogP contribution is 2.07. The van der Waals surface area contributed by atoms with Gasteiger partial charge in [0.25, 0.3) is 0 Å². The molecule has 1 aliphatic heterocycles. The zero-order valence-corrected chi connectivity index (χ0v) is 7.22. The Morgan fingerprint density at radius 3 is 3.00 bits per heavy atom. The summed E-state index contributed by atoms with van der Waals surface area (Å²) in [6.07, 6.45) is 6.68. The monoisotopic (exact) mass is 181 g/mol. The Morgan fingerprint density at radius 1 is 1.46 bits per heavy atom. The van der Waals surface area contributed by atoms with Crippen LogP contribution < -0.4 is 0 Å². The average molecular weight is 181 g/mol. The van der Waals surface area contributed by atoms with E-state index in [1.54, 1.807) is 12.4 Å². The van der Waals surface area contributed by atoms with Crippen molar-refractivity contribution >= 4 is 6.03 Å². The molecule has 0 bridgehead atoms. The van der Waals surface area contributed by atoms with E-state index in [-0.39, 0.29) is 6.03 Å². The van der Waals surface area contributed by atoms with E-state index in [9.17, 15) is 4.79 Å². The largest absolute Gasteiger partial charge is 0.353 e. The van der Waals surface area contributed by atoms with E-state index in [1.165, 1.54) is 16.0 Å². The van der Waals surface area contributed by atoms with E-state index in [1.807, 2.05) is 0 Å². The van der Waals surface area contributed by atoms with Crippen LogP contribution in [-0.4, -0.2) is 33.8 Å². The molecule has 0 saturated carbocycles. The van der Waals surface area contributed by atoms with Gasteiger partial charge in [0.05, 0.1) is 13.2 Å². The summed E-state index contributed by atoms with van der Waals surface area (Å²) in [5.74, 6) is 0. The summed E-state index contributed by atoms with van der Waals surface area (Å²) >= 11 is 0. The number of amides is 1. The van der Waals surface area contributed by atoms with Crippen molar-refractivity contribution in [3.05, 3.63) is 18.7 Å². The van der Waals surface area contributed by atoms with Crippen LogP contribution in [0.5, 0.6) is 0 Å². The molecule has 1 amide bonds. The minimum Gasteiger partial charge on any atom is -0.269 e. The summed E-state index contributed by atoms with van der Waals surface area (Å²) in [6, 6.07) is -0.169. The molecule has 1 aromatic heterocycles. The summed E-state index contributed by atoms with van der Waals surface area (Å²) in [5, 5.41) is 1.38. The fraction of sp³-hybridized carbons (Fsp3) is 0.500. The lowest BCUT2D eigenvalue weighted by atomic mass is 10.3. The molecule has 0 atom stereocenters. The molecule has 1 fully saturated rings. The van der Waals surface area contributed by atoms with Gasteiger partial charge in [0.1, 0.15) is 6.33 Å². The number of hydrogen-bond donors (Lipinski definition) is 0. The van der Waals surface area contributed by atoms with E-state index in [0.717, 1.165) is 12.8 Å². The first-order valence-electron chi connectivity index (χ1n) is 4.30. The predicted molar refractivity (Wildman–Crippen MR) is 44.9 cm³/mol. The summed E-state index contributed by atoms with van der Waals surface area (Å²) in [4.78, 5) is 20.6. The lowest BCUT2D eigenvalue weighted by Gasteiger charge is -2.25. The molecule has 1 aliphatic rings. The lowest BCUT2D eigenvalue weighted by molar-refractivity contribution is -0.139. The normalized spacial score (nSPS) is 17.4. The number of rotatable bonds is 0. The number of nitrogens with zero attached hydrogens (tertiary/aromatic N) is 3. The predicted octanol–water partition coefficient (Wildman–Crippen LogP) is 0.879. The average Bonchev–Trinajstić information content (AvgIpc) is 2.71. The molecule has 0 aromatic carbocycles. The van der Waals surface area contributed by atoms with Crippen molar-refractivity contribution in [2.45, 2.75) is 12.8 Å². The van der Waals surface area contributed by atoms with Gasteiger partial charge in [-0.15, -0.1) is 0 Å². The van der Waals surface area contributed by atoms with Crippen LogP contribution in [0.3, 0.4) is 0 Å². The zero-order valence-electron chi connectivity index (χ0n) is 7.22. The summed E-state index contributed by atoms with van der Waals surface area (Å²) < 4.78 is 1.41. The van der Waals surface area contributed by atoms with Gasteiger partial charge in [-0.3, -0.25) is 9.40 Å². The molecule has 0 radical (unpaired) electrons. The van der Waals surface area contributed by atoms with Gasteiger partial charge in [0, 0.05) is 12.4 Å². The Bertz CT molecular complexity index is 278. The SMILES string of the molecule is O=C(N1CCCCO1)n1ccnc1. The van der Waals surface area contributed by atoms with Gasteiger partial charge in [0.15, 0.2) is 0 Å². The van der Waals surface area contributed by atoms with E-state index >= 15 is 0 Å². The van der Waals surface area contributed by atoms with Crippen molar-refractivity contribution in [3.8, 4) is 0 Å². The number of aromatic nitrogens is 2. The molecular weight excluding hydrogens is 170 g/mol. The molecule has 0 unspecified atom stereocenters. The Labute approximate surface area is 75.9 Å². The molecule has 70 valence electrons.